The standard InChI is InChI=1S/C67H69N4O.Pt/c1-63(2,3)46-30-32-54-55-33-31-53(72-52-27-21-26-50(39-52)69-43-70(59-29-19-18-28-58(59)69)51-36-48(64(4,5)6)35-49(37-51)65(7,8)9)40-61(55)71(60(54)38-46)62-41-57(66(10,11)12)56(42-68-62)44-22-20-25-47(34-44)67(13,14)45-23-16-15-17-24-45;/h15-38,41-43H,1-14H3;/q-3;. The molecule has 0 spiro atoms. The van der Waals surface area contributed by atoms with Gasteiger partial charge in [-0.3, -0.25) is 0 Å². The molecule has 0 bridgehead atoms. The van der Waals surface area contributed by atoms with Crippen LogP contribution in [0.25, 0.3) is 38.8 Å². The summed E-state index contributed by atoms with van der Waals surface area (Å²) in [4.78, 5) is 9.86. The van der Waals surface area contributed by atoms with Crippen molar-refractivity contribution >= 4 is 44.6 Å². The van der Waals surface area contributed by atoms with Gasteiger partial charge in [-0.25, -0.2) is 4.98 Å². The molecule has 0 saturated heterocycles. The van der Waals surface area contributed by atoms with Crippen molar-refractivity contribution in [2.45, 2.75) is 124 Å². The van der Waals surface area contributed by atoms with E-state index < -0.39 is 0 Å². The zero-order valence-electron chi connectivity index (χ0n) is 45.1. The summed E-state index contributed by atoms with van der Waals surface area (Å²) in [6.45, 7) is 34.2. The molecule has 10 rings (SSSR count). The summed E-state index contributed by atoms with van der Waals surface area (Å²) in [5.41, 5.74) is 15.7. The normalized spacial score (nSPS) is 13.4. The largest absolute Gasteiger partial charge is 0.509 e. The van der Waals surface area contributed by atoms with Gasteiger partial charge in [0.15, 0.2) is 0 Å². The van der Waals surface area contributed by atoms with Crippen LogP contribution in [0, 0.1) is 18.8 Å². The molecule has 0 radical (unpaired) electrons. The van der Waals surface area contributed by atoms with E-state index in [1.54, 1.807) is 0 Å². The zero-order valence-corrected chi connectivity index (χ0v) is 47.4. The van der Waals surface area contributed by atoms with E-state index in [1.807, 2.05) is 18.2 Å². The monoisotopic (exact) mass is 1140 g/mol. The summed E-state index contributed by atoms with van der Waals surface area (Å²) in [5.74, 6) is 2.04. The van der Waals surface area contributed by atoms with Crippen molar-refractivity contribution in [3.8, 4) is 28.4 Å². The molecule has 73 heavy (non-hydrogen) atoms. The molecule has 3 heterocycles. The van der Waals surface area contributed by atoms with Gasteiger partial charge in [0.1, 0.15) is 5.82 Å². The summed E-state index contributed by atoms with van der Waals surface area (Å²) >= 11 is 0. The van der Waals surface area contributed by atoms with Gasteiger partial charge < -0.3 is 19.1 Å². The molecular formula is C67H69N4OPt-3. The van der Waals surface area contributed by atoms with Crippen molar-refractivity contribution in [2.24, 2.45) is 0 Å². The topological polar surface area (TPSA) is 33.5 Å². The third-order valence-electron chi connectivity index (χ3n) is 14.6. The van der Waals surface area contributed by atoms with Crippen LogP contribution >= 0.6 is 0 Å². The molecule has 376 valence electrons. The minimum absolute atomic E-state index is 0. The molecule has 6 heteroatoms. The van der Waals surface area contributed by atoms with Gasteiger partial charge in [-0.15, -0.1) is 48.1 Å². The Morgan fingerprint density at radius 1 is 0.479 bits per heavy atom. The van der Waals surface area contributed by atoms with Crippen LogP contribution in [0.5, 0.6) is 11.5 Å². The van der Waals surface area contributed by atoms with Crippen molar-refractivity contribution in [1.29, 1.82) is 0 Å². The Kier molecular flexibility index (Phi) is 13.3. The quantitative estimate of drug-likeness (QED) is 0.142. The molecule has 1 aliphatic rings. The number of hydrogen-bond acceptors (Lipinski definition) is 4. The molecule has 7 aromatic carbocycles. The van der Waals surface area contributed by atoms with Crippen molar-refractivity contribution in [2.75, 3.05) is 9.80 Å². The first kappa shape index (κ1) is 51.5. The number of pyridine rings is 1. The predicted molar refractivity (Wildman–Crippen MR) is 303 cm³/mol. The number of nitrogens with zero attached hydrogens (tertiary/aromatic N) is 4. The Labute approximate surface area is 449 Å². The minimum atomic E-state index is -0.192. The maximum Gasteiger partial charge on any atom is 0.135 e. The minimum Gasteiger partial charge on any atom is -0.509 e. The summed E-state index contributed by atoms with van der Waals surface area (Å²) < 4.78 is 9.07. The third-order valence-corrected chi connectivity index (χ3v) is 14.6. The maximum absolute atomic E-state index is 6.78. The predicted octanol–water partition coefficient (Wildman–Crippen LogP) is 18.2. The van der Waals surface area contributed by atoms with Gasteiger partial charge in [0.2, 0.25) is 0 Å². The SMILES string of the molecule is CC(C)(C)c1cc(N2[CH-]N(c3[c-]c(Oc4[c-]c5c(cc4)c4ccc(C(C)(C)C)cc4n5-c4cc(C(C)(C)C)c(-c5cccc(C(C)(C)c6ccccc6)c5)cn4)ccc3)c3ccccc32)cc(C(C)(C)C)c1.[Pt]. The number of aromatic nitrogens is 2. The van der Waals surface area contributed by atoms with E-state index in [0.717, 1.165) is 61.5 Å². The van der Waals surface area contributed by atoms with E-state index in [2.05, 4.69) is 270 Å². The summed E-state index contributed by atoms with van der Waals surface area (Å²) in [5, 5.41) is 2.23. The number of benzene rings is 7. The molecule has 0 atom stereocenters. The molecule has 0 N–H and O–H groups in total. The van der Waals surface area contributed by atoms with Crippen LogP contribution in [-0.2, 0) is 48.1 Å². The second-order valence-corrected chi connectivity index (χ2v) is 24.4. The molecule has 0 amide bonds. The zero-order chi connectivity index (χ0) is 51.1. The summed E-state index contributed by atoms with van der Waals surface area (Å²) in [6, 6.07) is 62.2. The third kappa shape index (κ3) is 9.91. The van der Waals surface area contributed by atoms with Gasteiger partial charge in [0, 0.05) is 72.3 Å². The Balaban J connectivity index is 0.00000656. The number of anilines is 4. The average molecular weight is 1140 g/mol. The van der Waals surface area contributed by atoms with Gasteiger partial charge in [-0.05, 0) is 102 Å². The van der Waals surface area contributed by atoms with Crippen LogP contribution in [0.4, 0.5) is 22.7 Å². The first-order valence-electron chi connectivity index (χ1n) is 25.5. The van der Waals surface area contributed by atoms with Crippen LogP contribution < -0.4 is 14.5 Å². The molecule has 2 aromatic heterocycles. The summed E-state index contributed by atoms with van der Waals surface area (Å²) in [6.07, 6.45) is 2.08. The van der Waals surface area contributed by atoms with Gasteiger partial charge >= 0.3 is 0 Å². The number of para-hydroxylation sites is 2. The smallest absolute Gasteiger partial charge is 0.135 e. The fourth-order valence-corrected chi connectivity index (χ4v) is 10.1. The number of rotatable bonds is 8. The molecular weight excluding hydrogens is 1070 g/mol. The van der Waals surface area contributed by atoms with Crippen LogP contribution in [0.1, 0.15) is 130 Å². The van der Waals surface area contributed by atoms with Crippen LogP contribution in [0.15, 0.2) is 158 Å². The van der Waals surface area contributed by atoms with Crippen molar-refractivity contribution in [3.63, 3.8) is 0 Å². The van der Waals surface area contributed by atoms with Crippen molar-refractivity contribution in [3.05, 3.63) is 210 Å². The molecule has 9 aromatic rings. The summed E-state index contributed by atoms with van der Waals surface area (Å²) in [7, 11) is 0. The molecule has 5 nitrogen and oxygen atoms in total. The van der Waals surface area contributed by atoms with E-state index in [1.165, 1.54) is 33.4 Å². The fourth-order valence-electron chi connectivity index (χ4n) is 10.1. The number of ether oxygens (including phenoxy) is 1. The Bertz CT molecular complexity index is 3470. The van der Waals surface area contributed by atoms with Gasteiger partial charge in [0.05, 0.1) is 0 Å². The Morgan fingerprint density at radius 3 is 1.74 bits per heavy atom. The van der Waals surface area contributed by atoms with Crippen molar-refractivity contribution in [1.82, 2.24) is 9.55 Å². The van der Waals surface area contributed by atoms with E-state index >= 15 is 0 Å². The van der Waals surface area contributed by atoms with E-state index in [-0.39, 0.29) is 48.1 Å². The second kappa shape index (κ2) is 18.8. The molecule has 0 aliphatic carbocycles. The second-order valence-electron chi connectivity index (χ2n) is 24.4. The van der Waals surface area contributed by atoms with Crippen LogP contribution in [0.2, 0.25) is 0 Å². The first-order valence-corrected chi connectivity index (χ1v) is 25.5. The Morgan fingerprint density at radius 2 is 1.08 bits per heavy atom. The van der Waals surface area contributed by atoms with Crippen LogP contribution in [0.3, 0.4) is 0 Å². The molecule has 0 fully saturated rings. The molecule has 0 saturated carbocycles. The average Bonchev–Trinajstić information content (AvgIpc) is 3.89. The fraction of sp³-hybridized carbons (Fsp3) is 0.284. The maximum atomic E-state index is 6.78. The van der Waals surface area contributed by atoms with Gasteiger partial charge in [-0.2, -0.15) is 12.1 Å². The van der Waals surface area contributed by atoms with Gasteiger partial charge in [0.25, 0.3) is 0 Å². The van der Waals surface area contributed by atoms with E-state index in [9.17, 15) is 0 Å². The van der Waals surface area contributed by atoms with E-state index in [0.29, 0.717) is 11.5 Å². The molecule has 1 aliphatic heterocycles. The van der Waals surface area contributed by atoms with Gasteiger partial charge in [-0.1, -0.05) is 187 Å². The first-order chi connectivity index (χ1) is 33.9. The van der Waals surface area contributed by atoms with Crippen LogP contribution in [-0.4, -0.2) is 9.55 Å². The molecule has 0 unspecified atom stereocenters. The number of fused-ring (bicyclic) bond motifs is 4. The number of hydrogen-bond donors (Lipinski definition) is 0. The Hall–Kier alpha value is -6.42. The van der Waals surface area contributed by atoms with E-state index in [4.69, 9.17) is 9.72 Å². The van der Waals surface area contributed by atoms with Crippen molar-refractivity contribution < 1.29 is 25.8 Å².